The van der Waals surface area contributed by atoms with E-state index in [0.717, 1.165) is 31.2 Å². The summed E-state index contributed by atoms with van der Waals surface area (Å²) in [6.45, 7) is 1.27. The molecule has 0 aliphatic carbocycles. The van der Waals surface area contributed by atoms with Gasteiger partial charge in [0.25, 0.3) is 0 Å². The summed E-state index contributed by atoms with van der Waals surface area (Å²) in [6.07, 6.45) is 5.34. The third-order valence-electron chi connectivity index (χ3n) is 3.77. The van der Waals surface area contributed by atoms with Crippen LogP contribution in [0.15, 0.2) is 24.3 Å². The second-order valence-corrected chi connectivity index (χ2v) is 7.90. The molecule has 0 atom stereocenters. The molecule has 0 spiro atoms. The molecular formula is C15H22N2O2S2. The van der Waals surface area contributed by atoms with Crippen molar-refractivity contribution in [2.75, 3.05) is 13.1 Å². The van der Waals surface area contributed by atoms with Crippen LogP contribution < -0.4 is 5.73 Å². The zero-order chi connectivity index (χ0) is 15.3. The van der Waals surface area contributed by atoms with Gasteiger partial charge in [0.15, 0.2) is 0 Å². The zero-order valence-corrected chi connectivity index (χ0v) is 13.8. The number of nitrogens with zero attached hydrogens (tertiary/aromatic N) is 1. The lowest BCUT2D eigenvalue weighted by atomic mass is 10.1. The van der Waals surface area contributed by atoms with E-state index in [-0.39, 0.29) is 5.75 Å². The normalized spacial score (nSPS) is 17.9. The van der Waals surface area contributed by atoms with E-state index in [1.54, 1.807) is 22.5 Å². The molecule has 1 fully saturated rings. The predicted molar refractivity (Wildman–Crippen MR) is 89.6 cm³/mol. The van der Waals surface area contributed by atoms with Gasteiger partial charge < -0.3 is 5.73 Å². The van der Waals surface area contributed by atoms with Crippen molar-refractivity contribution in [2.45, 2.75) is 37.9 Å². The van der Waals surface area contributed by atoms with Gasteiger partial charge in [-0.25, -0.2) is 12.7 Å². The fourth-order valence-corrected chi connectivity index (χ4v) is 4.34. The Morgan fingerprint density at radius 3 is 2.38 bits per heavy atom. The second-order valence-electron chi connectivity index (χ2n) is 5.49. The molecule has 0 radical (unpaired) electrons. The Balaban J connectivity index is 2.12. The van der Waals surface area contributed by atoms with Crippen LogP contribution in [0.25, 0.3) is 0 Å². The quantitative estimate of drug-likeness (QED) is 0.863. The summed E-state index contributed by atoms with van der Waals surface area (Å²) in [5.74, 6) is 0.0173. The first-order valence-corrected chi connectivity index (χ1v) is 9.37. The summed E-state index contributed by atoms with van der Waals surface area (Å²) in [6, 6.07) is 7.18. The van der Waals surface area contributed by atoms with Gasteiger partial charge in [-0.2, -0.15) is 0 Å². The highest BCUT2D eigenvalue weighted by atomic mass is 32.2. The molecule has 1 saturated heterocycles. The molecule has 1 aliphatic heterocycles. The van der Waals surface area contributed by atoms with Crippen LogP contribution in [0, 0.1) is 0 Å². The van der Waals surface area contributed by atoms with E-state index in [1.807, 2.05) is 6.07 Å². The average Bonchev–Trinajstić information content (AvgIpc) is 2.37. The predicted octanol–water partition coefficient (Wildman–Crippen LogP) is 2.42. The maximum Gasteiger partial charge on any atom is 0.218 e. The monoisotopic (exact) mass is 326 g/mol. The maximum absolute atomic E-state index is 12.6. The van der Waals surface area contributed by atoms with Crippen LogP contribution in [0.5, 0.6) is 0 Å². The number of nitrogens with two attached hydrogens (primary N) is 1. The summed E-state index contributed by atoms with van der Waals surface area (Å²) in [5, 5.41) is 0. The van der Waals surface area contributed by atoms with Gasteiger partial charge in [-0.05, 0) is 24.5 Å². The number of thiocarbonyl (C=S) groups is 1. The Morgan fingerprint density at radius 2 is 1.76 bits per heavy atom. The molecule has 0 unspecified atom stereocenters. The summed E-state index contributed by atoms with van der Waals surface area (Å²) in [4.78, 5) is 0.292. The lowest BCUT2D eigenvalue weighted by Crippen LogP contribution is -2.34. The van der Waals surface area contributed by atoms with Gasteiger partial charge in [-0.15, -0.1) is 0 Å². The van der Waals surface area contributed by atoms with Crippen molar-refractivity contribution >= 4 is 27.2 Å². The second kappa shape index (κ2) is 7.33. The molecule has 2 rings (SSSR count). The number of hydrogen-bond donors (Lipinski definition) is 1. The number of benzene rings is 1. The lowest BCUT2D eigenvalue weighted by molar-refractivity contribution is 0.364. The Bertz CT molecular complexity index is 591. The molecule has 1 heterocycles. The number of sulfonamides is 1. The van der Waals surface area contributed by atoms with E-state index in [2.05, 4.69) is 0 Å². The topological polar surface area (TPSA) is 63.4 Å². The van der Waals surface area contributed by atoms with Gasteiger partial charge in [-0.1, -0.05) is 49.7 Å². The van der Waals surface area contributed by atoms with E-state index in [0.29, 0.717) is 23.6 Å². The SMILES string of the molecule is NC(=S)c1cccc(CS(=O)(=O)N2CCCCCCC2)c1. The van der Waals surface area contributed by atoms with E-state index in [1.165, 1.54) is 6.42 Å². The molecule has 6 heteroatoms. The largest absolute Gasteiger partial charge is 0.389 e. The molecule has 4 nitrogen and oxygen atoms in total. The molecule has 0 aromatic heterocycles. The fourth-order valence-electron chi connectivity index (χ4n) is 2.61. The van der Waals surface area contributed by atoms with Gasteiger partial charge in [0, 0.05) is 18.7 Å². The van der Waals surface area contributed by atoms with Crippen LogP contribution in [-0.2, 0) is 15.8 Å². The molecule has 0 saturated carbocycles. The van der Waals surface area contributed by atoms with E-state index >= 15 is 0 Å². The summed E-state index contributed by atoms with van der Waals surface area (Å²) >= 11 is 4.94. The van der Waals surface area contributed by atoms with Crippen molar-refractivity contribution < 1.29 is 8.42 Å². The van der Waals surface area contributed by atoms with Crippen LogP contribution >= 0.6 is 12.2 Å². The number of rotatable bonds is 4. The van der Waals surface area contributed by atoms with Crippen molar-refractivity contribution in [2.24, 2.45) is 5.73 Å². The molecule has 0 amide bonds. The smallest absolute Gasteiger partial charge is 0.218 e. The van der Waals surface area contributed by atoms with Crippen molar-refractivity contribution in [3.8, 4) is 0 Å². The van der Waals surface area contributed by atoms with Gasteiger partial charge >= 0.3 is 0 Å². The van der Waals surface area contributed by atoms with Crippen LogP contribution in [0.3, 0.4) is 0 Å². The highest BCUT2D eigenvalue weighted by Crippen LogP contribution is 2.17. The molecule has 116 valence electrons. The highest BCUT2D eigenvalue weighted by molar-refractivity contribution is 7.88. The highest BCUT2D eigenvalue weighted by Gasteiger charge is 2.22. The van der Waals surface area contributed by atoms with Crippen LogP contribution in [0.1, 0.15) is 43.2 Å². The maximum atomic E-state index is 12.6. The molecule has 0 bridgehead atoms. The van der Waals surface area contributed by atoms with Gasteiger partial charge in [0.1, 0.15) is 4.99 Å². The lowest BCUT2D eigenvalue weighted by Gasteiger charge is -2.24. The van der Waals surface area contributed by atoms with Crippen LogP contribution in [-0.4, -0.2) is 30.8 Å². The minimum Gasteiger partial charge on any atom is -0.389 e. The molecule has 2 N–H and O–H groups in total. The van der Waals surface area contributed by atoms with E-state index < -0.39 is 10.0 Å². The van der Waals surface area contributed by atoms with Crippen LogP contribution in [0.4, 0.5) is 0 Å². The third-order valence-corrected chi connectivity index (χ3v) is 5.85. The minimum absolute atomic E-state index is 0.0173. The Kier molecular flexibility index (Phi) is 5.72. The van der Waals surface area contributed by atoms with E-state index in [9.17, 15) is 8.42 Å². The van der Waals surface area contributed by atoms with Crippen molar-refractivity contribution in [3.63, 3.8) is 0 Å². The standard InChI is InChI=1S/C15H22N2O2S2/c16-15(20)14-8-6-7-13(11-14)12-21(18,19)17-9-4-2-1-3-5-10-17/h6-8,11H,1-5,9-10,12H2,(H2,16,20). The van der Waals surface area contributed by atoms with Gasteiger partial charge in [-0.3, -0.25) is 0 Å². The third kappa shape index (κ3) is 4.76. The first-order valence-electron chi connectivity index (χ1n) is 7.35. The van der Waals surface area contributed by atoms with Crippen molar-refractivity contribution in [1.82, 2.24) is 4.31 Å². The first-order chi connectivity index (χ1) is 9.99. The van der Waals surface area contributed by atoms with Gasteiger partial charge in [0.2, 0.25) is 10.0 Å². The summed E-state index contributed by atoms with van der Waals surface area (Å²) < 4.78 is 26.8. The van der Waals surface area contributed by atoms with Gasteiger partial charge in [0.05, 0.1) is 5.75 Å². The summed E-state index contributed by atoms with van der Waals surface area (Å²) in [7, 11) is -3.27. The Morgan fingerprint density at radius 1 is 1.14 bits per heavy atom. The molecular weight excluding hydrogens is 304 g/mol. The molecule has 1 aromatic carbocycles. The van der Waals surface area contributed by atoms with Crippen molar-refractivity contribution in [3.05, 3.63) is 35.4 Å². The average molecular weight is 326 g/mol. The summed E-state index contributed by atoms with van der Waals surface area (Å²) in [5.41, 5.74) is 7.05. The Labute approximate surface area is 132 Å². The minimum atomic E-state index is -3.27. The van der Waals surface area contributed by atoms with Crippen molar-refractivity contribution in [1.29, 1.82) is 0 Å². The molecule has 1 aromatic rings. The Hall–Kier alpha value is -0.980. The number of hydrogen-bond acceptors (Lipinski definition) is 3. The van der Waals surface area contributed by atoms with Crippen LogP contribution in [0.2, 0.25) is 0 Å². The van der Waals surface area contributed by atoms with E-state index in [4.69, 9.17) is 18.0 Å². The zero-order valence-electron chi connectivity index (χ0n) is 12.1. The molecule has 21 heavy (non-hydrogen) atoms. The first kappa shape index (κ1) is 16.4. The molecule has 1 aliphatic rings. The fraction of sp³-hybridized carbons (Fsp3) is 0.533.